The van der Waals surface area contributed by atoms with Crippen LogP contribution in [0.3, 0.4) is 0 Å². The lowest BCUT2D eigenvalue weighted by Crippen LogP contribution is -3.15. The van der Waals surface area contributed by atoms with Crippen LogP contribution in [0.1, 0.15) is 42.9 Å². The van der Waals surface area contributed by atoms with Gasteiger partial charge in [-0.2, -0.15) is 0 Å². The molecule has 3 N–H and O–H groups in total. The molecule has 1 aromatic rings. The molecule has 104 valence electrons. The number of methoxy groups -OCH3 is 1. The highest BCUT2D eigenvalue weighted by molar-refractivity contribution is 5.37. The quantitative estimate of drug-likeness (QED) is 0.787. The third-order valence-corrected chi connectivity index (χ3v) is 4.73. The second-order valence-electron chi connectivity index (χ2n) is 5.92. The minimum absolute atomic E-state index is 0.664. The minimum atomic E-state index is 0.664. The molecule has 0 amide bonds. The fourth-order valence-corrected chi connectivity index (χ4v) is 3.66. The van der Waals surface area contributed by atoms with E-state index in [0.29, 0.717) is 6.04 Å². The standard InChI is InChI=1S/C16H24N2O/c1-19-14-7-6-13-11-17-12-16(15(13)10-14)18-8-4-2-3-5-9-18/h6-7,10,16-17H,2-5,8-9,11-12H2,1H3/p+2/t16-/m0/s1. The van der Waals surface area contributed by atoms with Gasteiger partial charge in [0.2, 0.25) is 0 Å². The molecule has 3 nitrogen and oxygen atoms in total. The van der Waals surface area contributed by atoms with Gasteiger partial charge in [0, 0.05) is 11.1 Å². The molecule has 0 saturated carbocycles. The van der Waals surface area contributed by atoms with Gasteiger partial charge in [0.05, 0.1) is 20.2 Å². The number of nitrogens with two attached hydrogens (primary N) is 1. The summed E-state index contributed by atoms with van der Waals surface area (Å²) in [4.78, 5) is 1.79. The Morgan fingerprint density at radius 1 is 1.16 bits per heavy atom. The molecule has 0 aromatic heterocycles. The fraction of sp³-hybridized carbons (Fsp3) is 0.625. The summed E-state index contributed by atoms with van der Waals surface area (Å²) in [6, 6.07) is 7.31. The Morgan fingerprint density at radius 2 is 1.95 bits per heavy atom. The van der Waals surface area contributed by atoms with Gasteiger partial charge in [0.15, 0.2) is 6.04 Å². The normalized spacial score (nSPS) is 24.6. The maximum Gasteiger partial charge on any atom is 0.163 e. The van der Waals surface area contributed by atoms with Gasteiger partial charge in [0.25, 0.3) is 0 Å². The van der Waals surface area contributed by atoms with Crippen molar-refractivity contribution in [3.63, 3.8) is 0 Å². The number of nitrogens with one attached hydrogen (secondary N) is 1. The molecule has 19 heavy (non-hydrogen) atoms. The lowest BCUT2D eigenvalue weighted by molar-refractivity contribution is -0.947. The number of hydrogen-bond donors (Lipinski definition) is 2. The zero-order chi connectivity index (χ0) is 13.1. The fourth-order valence-electron chi connectivity index (χ4n) is 3.66. The summed E-state index contributed by atoms with van der Waals surface area (Å²) in [6.07, 6.45) is 5.63. The smallest absolute Gasteiger partial charge is 0.163 e. The van der Waals surface area contributed by atoms with E-state index in [0.717, 1.165) is 12.3 Å². The van der Waals surface area contributed by atoms with Crippen molar-refractivity contribution in [1.29, 1.82) is 0 Å². The van der Waals surface area contributed by atoms with Crippen LogP contribution in [0, 0.1) is 0 Å². The van der Waals surface area contributed by atoms with E-state index in [4.69, 9.17) is 4.74 Å². The zero-order valence-corrected chi connectivity index (χ0v) is 12.0. The van der Waals surface area contributed by atoms with Gasteiger partial charge in [-0.1, -0.05) is 0 Å². The van der Waals surface area contributed by atoms with Crippen molar-refractivity contribution in [1.82, 2.24) is 0 Å². The molecule has 1 atom stereocenters. The van der Waals surface area contributed by atoms with Crippen LogP contribution in [0.15, 0.2) is 18.2 Å². The molecule has 0 spiro atoms. The van der Waals surface area contributed by atoms with Crippen molar-refractivity contribution < 1.29 is 15.0 Å². The average molecular weight is 262 g/mol. The molecule has 1 aromatic carbocycles. The van der Waals surface area contributed by atoms with E-state index in [1.165, 1.54) is 50.9 Å². The van der Waals surface area contributed by atoms with Crippen molar-refractivity contribution in [2.75, 3.05) is 26.7 Å². The van der Waals surface area contributed by atoms with Crippen molar-refractivity contribution >= 4 is 0 Å². The second-order valence-corrected chi connectivity index (χ2v) is 5.92. The van der Waals surface area contributed by atoms with Gasteiger partial charge in [-0.3, -0.25) is 0 Å². The van der Waals surface area contributed by atoms with E-state index in [1.54, 1.807) is 17.6 Å². The Balaban J connectivity index is 1.87. The van der Waals surface area contributed by atoms with E-state index in [-0.39, 0.29) is 0 Å². The molecule has 2 aliphatic heterocycles. The number of likely N-dealkylation sites (tertiary alicyclic amines) is 1. The number of quaternary nitrogens is 2. The first-order chi connectivity index (χ1) is 9.38. The highest BCUT2D eigenvalue weighted by atomic mass is 16.5. The average Bonchev–Trinajstić information content (AvgIpc) is 2.75. The summed E-state index contributed by atoms with van der Waals surface area (Å²) >= 11 is 0. The van der Waals surface area contributed by atoms with Crippen LogP contribution in [0.4, 0.5) is 0 Å². The van der Waals surface area contributed by atoms with E-state index in [2.05, 4.69) is 23.5 Å². The van der Waals surface area contributed by atoms with Crippen LogP contribution in [0.2, 0.25) is 0 Å². The lowest BCUT2D eigenvalue weighted by Gasteiger charge is -2.31. The minimum Gasteiger partial charge on any atom is -0.497 e. The van der Waals surface area contributed by atoms with Crippen molar-refractivity contribution in [2.45, 2.75) is 38.3 Å². The van der Waals surface area contributed by atoms with Crippen LogP contribution in [0.25, 0.3) is 0 Å². The number of fused-ring (bicyclic) bond motifs is 1. The van der Waals surface area contributed by atoms with Gasteiger partial charge in [-0.15, -0.1) is 0 Å². The summed E-state index contributed by atoms with van der Waals surface area (Å²) in [6.45, 7) is 5.04. The molecule has 0 radical (unpaired) electrons. The number of rotatable bonds is 2. The number of ether oxygens (including phenoxy) is 1. The van der Waals surface area contributed by atoms with Gasteiger partial charge < -0.3 is 15.0 Å². The molecule has 0 unspecified atom stereocenters. The molecule has 3 heteroatoms. The molecule has 2 heterocycles. The molecule has 1 fully saturated rings. The summed E-state index contributed by atoms with van der Waals surface area (Å²) < 4.78 is 5.42. The zero-order valence-electron chi connectivity index (χ0n) is 12.0. The summed E-state index contributed by atoms with van der Waals surface area (Å²) in [5, 5.41) is 2.47. The first-order valence-corrected chi connectivity index (χ1v) is 7.71. The summed E-state index contributed by atoms with van der Waals surface area (Å²) in [7, 11) is 1.77. The topological polar surface area (TPSA) is 30.3 Å². The monoisotopic (exact) mass is 262 g/mol. The van der Waals surface area contributed by atoms with Crippen LogP contribution in [0.5, 0.6) is 5.75 Å². The van der Waals surface area contributed by atoms with Gasteiger partial charge in [-0.05, 0) is 43.9 Å². The highest BCUT2D eigenvalue weighted by Crippen LogP contribution is 2.23. The highest BCUT2D eigenvalue weighted by Gasteiger charge is 2.32. The summed E-state index contributed by atoms with van der Waals surface area (Å²) in [5.74, 6) is 1.01. The van der Waals surface area contributed by atoms with Crippen LogP contribution >= 0.6 is 0 Å². The van der Waals surface area contributed by atoms with Crippen molar-refractivity contribution in [2.24, 2.45) is 0 Å². The van der Waals surface area contributed by atoms with E-state index >= 15 is 0 Å². The Hall–Kier alpha value is -1.06. The number of hydrogen-bond acceptors (Lipinski definition) is 1. The Bertz CT molecular complexity index is 425. The molecule has 2 aliphatic rings. The Morgan fingerprint density at radius 3 is 2.68 bits per heavy atom. The van der Waals surface area contributed by atoms with E-state index in [9.17, 15) is 0 Å². The summed E-state index contributed by atoms with van der Waals surface area (Å²) in [5.41, 5.74) is 3.05. The molecule has 0 bridgehead atoms. The Kier molecular flexibility index (Phi) is 4.04. The molecule has 3 rings (SSSR count). The SMILES string of the molecule is COc1ccc2c(c1)[C@@H]([NH+]1CCCCCC1)C[NH2+]C2. The molecular weight excluding hydrogens is 236 g/mol. The van der Waals surface area contributed by atoms with E-state index in [1.807, 2.05) is 0 Å². The van der Waals surface area contributed by atoms with E-state index < -0.39 is 0 Å². The number of benzene rings is 1. The predicted molar refractivity (Wildman–Crippen MR) is 75.4 cm³/mol. The predicted octanol–water partition coefficient (Wildman–Crippen LogP) is 0.272. The first-order valence-electron chi connectivity index (χ1n) is 7.71. The third-order valence-electron chi connectivity index (χ3n) is 4.73. The second kappa shape index (κ2) is 5.93. The van der Waals surface area contributed by atoms with Crippen molar-refractivity contribution in [3.05, 3.63) is 29.3 Å². The van der Waals surface area contributed by atoms with Gasteiger partial charge >= 0.3 is 0 Å². The Labute approximate surface area is 115 Å². The van der Waals surface area contributed by atoms with Crippen molar-refractivity contribution in [3.8, 4) is 5.75 Å². The third kappa shape index (κ3) is 2.77. The maximum atomic E-state index is 5.42. The molecule has 0 aliphatic carbocycles. The van der Waals surface area contributed by atoms with Crippen LogP contribution in [-0.2, 0) is 6.54 Å². The van der Waals surface area contributed by atoms with Crippen LogP contribution < -0.4 is 15.0 Å². The van der Waals surface area contributed by atoms with Gasteiger partial charge in [-0.25, -0.2) is 0 Å². The van der Waals surface area contributed by atoms with Crippen LogP contribution in [-0.4, -0.2) is 26.7 Å². The van der Waals surface area contributed by atoms with Gasteiger partial charge in [0.1, 0.15) is 18.8 Å². The lowest BCUT2D eigenvalue weighted by atomic mass is 9.95. The largest absolute Gasteiger partial charge is 0.497 e. The molecule has 1 saturated heterocycles. The molecular formula is C16H26N2O+2. The maximum absolute atomic E-state index is 5.42. The first kappa shape index (κ1) is 12.9.